The van der Waals surface area contributed by atoms with Gasteiger partial charge in [0.1, 0.15) is 0 Å². The molecule has 0 bridgehead atoms. The van der Waals surface area contributed by atoms with E-state index < -0.39 is 20.0 Å². The number of carbonyl (C=O) groups excluding carboxylic acids is 1. The van der Waals surface area contributed by atoms with Gasteiger partial charge in [-0.25, -0.2) is 4.57 Å². The van der Waals surface area contributed by atoms with Crippen LogP contribution in [-0.4, -0.2) is 47.8 Å². The molecule has 0 aliphatic carbocycles. The van der Waals surface area contributed by atoms with Gasteiger partial charge < -0.3 is 21.1 Å². The highest BCUT2D eigenvalue weighted by Crippen LogP contribution is 2.43. The summed E-state index contributed by atoms with van der Waals surface area (Å²) in [6.45, 7) is 4.09. The summed E-state index contributed by atoms with van der Waals surface area (Å²) in [6.07, 6.45) is 47.6. The number of nitrogens with one attached hydrogen (secondary N) is 1. The van der Waals surface area contributed by atoms with Crippen molar-refractivity contribution in [2.75, 3.05) is 19.8 Å². The summed E-state index contributed by atoms with van der Waals surface area (Å²) in [5.41, 5.74) is 5.37. The van der Waals surface area contributed by atoms with Crippen molar-refractivity contribution < 1.29 is 28.4 Å². The average Bonchev–Trinajstić information content (AvgIpc) is 3.14. The largest absolute Gasteiger partial charge is 0.472 e. The van der Waals surface area contributed by atoms with Gasteiger partial charge in [0.15, 0.2) is 0 Å². The first-order chi connectivity index (χ1) is 25.9. The molecule has 0 saturated carbocycles. The van der Waals surface area contributed by atoms with Crippen LogP contribution in [0.2, 0.25) is 0 Å². The molecule has 8 nitrogen and oxygen atoms in total. The summed E-state index contributed by atoms with van der Waals surface area (Å²) in [5.74, 6) is -0.208. The molecule has 0 heterocycles. The van der Waals surface area contributed by atoms with Crippen molar-refractivity contribution in [3.63, 3.8) is 0 Å². The molecule has 312 valence electrons. The highest BCUT2D eigenvalue weighted by Gasteiger charge is 2.26. The van der Waals surface area contributed by atoms with Gasteiger partial charge in [-0.3, -0.25) is 13.8 Å². The Morgan fingerprint density at radius 3 is 1.55 bits per heavy atom. The molecule has 0 aliphatic heterocycles. The van der Waals surface area contributed by atoms with E-state index in [1.807, 2.05) is 6.08 Å². The lowest BCUT2D eigenvalue weighted by Crippen LogP contribution is -2.45. The molecule has 0 aliphatic rings. The van der Waals surface area contributed by atoms with Crippen LogP contribution >= 0.6 is 7.82 Å². The van der Waals surface area contributed by atoms with Gasteiger partial charge in [0.25, 0.3) is 0 Å². The number of aliphatic hydroxyl groups is 1. The van der Waals surface area contributed by atoms with Crippen LogP contribution in [0.25, 0.3) is 0 Å². The Labute approximate surface area is 327 Å². The number of hydrogen-bond donors (Lipinski definition) is 4. The van der Waals surface area contributed by atoms with Crippen molar-refractivity contribution in [2.24, 2.45) is 5.73 Å². The molecule has 0 fully saturated rings. The number of hydrogen-bond acceptors (Lipinski definition) is 6. The van der Waals surface area contributed by atoms with E-state index in [0.717, 1.165) is 64.2 Å². The molecule has 0 aromatic carbocycles. The van der Waals surface area contributed by atoms with E-state index in [0.29, 0.717) is 6.42 Å². The highest BCUT2D eigenvalue weighted by molar-refractivity contribution is 7.47. The number of allylic oxidation sites excluding steroid dienone is 5. The molecule has 9 heteroatoms. The lowest BCUT2D eigenvalue weighted by atomic mass is 10.0. The zero-order valence-electron chi connectivity index (χ0n) is 34.5. The summed E-state index contributed by atoms with van der Waals surface area (Å²) in [7, 11) is -4.34. The minimum Gasteiger partial charge on any atom is -0.387 e. The summed E-state index contributed by atoms with van der Waals surface area (Å²) in [4.78, 5) is 22.7. The summed E-state index contributed by atoms with van der Waals surface area (Å²) < 4.78 is 22.1. The predicted octanol–water partition coefficient (Wildman–Crippen LogP) is 12.3. The van der Waals surface area contributed by atoms with Crippen molar-refractivity contribution in [3.8, 4) is 0 Å². The number of phosphoric ester groups is 1. The van der Waals surface area contributed by atoms with E-state index in [1.54, 1.807) is 6.08 Å². The van der Waals surface area contributed by atoms with Crippen molar-refractivity contribution in [2.45, 2.75) is 219 Å². The second kappa shape index (κ2) is 40.4. The normalized spacial score (nSPS) is 14.4. The second-order valence-corrected chi connectivity index (χ2v) is 16.4. The summed E-state index contributed by atoms with van der Waals surface area (Å²) >= 11 is 0. The van der Waals surface area contributed by atoms with Crippen molar-refractivity contribution in [1.29, 1.82) is 0 Å². The predicted molar refractivity (Wildman–Crippen MR) is 226 cm³/mol. The van der Waals surface area contributed by atoms with Crippen molar-refractivity contribution >= 4 is 13.7 Å². The number of aliphatic hydroxyl groups excluding tert-OH is 1. The van der Waals surface area contributed by atoms with Gasteiger partial charge >= 0.3 is 7.82 Å². The fraction of sp³-hybridized carbons (Fsp3) is 0.841. The van der Waals surface area contributed by atoms with Crippen LogP contribution in [0.5, 0.6) is 0 Å². The number of unbranched alkanes of at least 4 members (excludes halogenated alkanes) is 25. The van der Waals surface area contributed by atoms with E-state index in [9.17, 15) is 19.4 Å². The van der Waals surface area contributed by atoms with E-state index >= 15 is 0 Å². The second-order valence-electron chi connectivity index (χ2n) is 14.9. The SMILES string of the molecule is CCCC/C=C\C/C=C\CCCCCCCC(=O)NC(COP(=O)(O)OCCN)C(O)/C=C/CCCCCCCCCCCCCCCCCCCC. The molecule has 5 N–H and O–H groups in total. The smallest absolute Gasteiger partial charge is 0.387 e. The molecular formula is C44H85N2O6P. The fourth-order valence-corrected chi connectivity index (χ4v) is 7.08. The van der Waals surface area contributed by atoms with E-state index in [1.165, 1.54) is 122 Å². The van der Waals surface area contributed by atoms with Crippen LogP contribution in [0, 0.1) is 0 Å². The Bertz CT molecular complexity index is 928. The first-order valence-electron chi connectivity index (χ1n) is 22.1. The molecule has 0 rings (SSSR count). The van der Waals surface area contributed by atoms with E-state index in [-0.39, 0.29) is 25.7 Å². The highest BCUT2D eigenvalue weighted by atomic mass is 31.2. The Morgan fingerprint density at radius 1 is 0.623 bits per heavy atom. The van der Waals surface area contributed by atoms with Gasteiger partial charge in [0.05, 0.1) is 25.4 Å². The van der Waals surface area contributed by atoms with Crippen molar-refractivity contribution in [1.82, 2.24) is 5.32 Å². The standard InChI is InChI=1S/C44H85N2O6P/c1-3-5-7-9-11-13-15-17-19-20-21-22-23-24-25-27-29-31-33-35-37-43(47)42(41-52-53(49,50)51-40-39-45)46-44(48)38-36-34-32-30-28-26-18-16-14-12-10-8-6-4-2/h10,12,16,18,35,37,42-43,47H,3-9,11,13-15,17,19-34,36,38-41,45H2,1-2H3,(H,46,48)(H,49,50)/b12-10-,18-16-,37-35+. The lowest BCUT2D eigenvalue weighted by Gasteiger charge is -2.23. The monoisotopic (exact) mass is 769 g/mol. The number of rotatable bonds is 41. The number of phosphoric acid groups is 1. The molecule has 3 atom stereocenters. The van der Waals surface area contributed by atoms with Gasteiger partial charge in [-0.05, 0) is 44.9 Å². The lowest BCUT2D eigenvalue weighted by molar-refractivity contribution is -0.123. The van der Waals surface area contributed by atoms with Crippen molar-refractivity contribution in [3.05, 3.63) is 36.5 Å². The molecule has 0 saturated heterocycles. The molecular weight excluding hydrogens is 683 g/mol. The number of nitrogens with two attached hydrogens (primary N) is 1. The third kappa shape index (κ3) is 38.8. The van der Waals surface area contributed by atoms with Gasteiger partial charge in [-0.2, -0.15) is 0 Å². The Hall–Kier alpha value is -1.28. The van der Waals surface area contributed by atoms with Crippen LogP contribution < -0.4 is 11.1 Å². The molecule has 0 aromatic heterocycles. The molecule has 0 aromatic rings. The minimum absolute atomic E-state index is 0.0758. The maximum absolute atomic E-state index is 12.7. The average molecular weight is 769 g/mol. The topological polar surface area (TPSA) is 131 Å². The zero-order chi connectivity index (χ0) is 38.9. The summed E-state index contributed by atoms with van der Waals surface area (Å²) in [5, 5.41) is 13.7. The number of carbonyl (C=O) groups is 1. The maximum atomic E-state index is 12.7. The maximum Gasteiger partial charge on any atom is 0.472 e. The Balaban J connectivity index is 4.20. The molecule has 53 heavy (non-hydrogen) atoms. The molecule has 1 amide bonds. The van der Waals surface area contributed by atoms with Crippen LogP contribution in [0.4, 0.5) is 0 Å². The molecule has 0 radical (unpaired) electrons. The zero-order valence-corrected chi connectivity index (χ0v) is 35.4. The van der Waals surface area contributed by atoms with Crippen LogP contribution in [0.15, 0.2) is 36.5 Å². The summed E-state index contributed by atoms with van der Waals surface area (Å²) in [6, 6.07) is -0.866. The Morgan fingerprint density at radius 2 is 1.06 bits per heavy atom. The first kappa shape index (κ1) is 51.7. The van der Waals surface area contributed by atoms with E-state index in [4.69, 9.17) is 14.8 Å². The van der Waals surface area contributed by atoms with Gasteiger partial charge in [-0.1, -0.05) is 192 Å². The molecule has 3 unspecified atom stereocenters. The van der Waals surface area contributed by atoms with Gasteiger partial charge in [-0.15, -0.1) is 0 Å². The molecule has 0 spiro atoms. The van der Waals surface area contributed by atoms with Crippen LogP contribution in [-0.2, 0) is 18.4 Å². The Kier molecular flexibility index (Phi) is 39.4. The third-order valence-corrected chi connectivity index (χ3v) is 10.7. The first-order valence-corrected chi connectivity index (χ1v) is 23.6. The van der Waals surface area contributed by atoms with Crippen LogP contribution in [0.3, 0.4) is 0 Å². The number of amides is 1. The third-order valence-electron chi connectivity index (χ3n) is 9.71. The fourth-order valence-electron chi connectivity index (χ4n) is 6.32. The minimum atomic E-state index is -4.34. The van der Waals surface area contributed by atoms with Gasteiger partial charge in [0.2, 0.25) is 5.91 Å². The quantitative estimate of drug-likeness (QED) is 0.0277. The van der Waals surface area contributed by atoms with E-state index in [2.05, 4.69) is 43.5 Å². The van der Waals surface area contributed by atoms with Gasteiger partial charge in [0, 0.05) is 13.0 Å². The van der Waals surface area contributed by atoms with Crippen LogP contribution in [0.1, 0.15) is 206 Å².